The third-order valence-electron chi connectivity index (χ3n) is 8.05. The van der Waals surface area contributed by atoms with E-state index in [9.17, 15) is 9.59 Å². The second-order valence-electron chi connectivity index (χ2n) is 10.2. The molecule has 1 aromatic carbocycles. The van der Waals surface area contributed by atoms with Gasteiger partial charge < -0.3 is 10.5 Å². The Morgan fingerprint density at radius 3 is 2.58 bits per heavy atom. The van der Waals surface area contributed by atoms with Crippen molar-refractivity contribution < 1.29 is 18.7 Å². The number of hydrogen-bond acceptors (Lipinski definition) is 5. The first kappa shape index (κ1) is 21.8. The van der Waals surface area contributed by atoms with E-state index in [-0.39, 0.29) is 29.8 Å². The van der Waals surface area contributed by atoms with Crippen LogP contribution in [-0.2, 0) is 26.3 Å². The largest absolute Gasteiger partial charge is 0.462 e. The summed E-state index contributed by atoms with van der Waals surface area (Å²) in [4.78, 5) is 30.2. The molecular weight excluding hydrogens is 397 g/mol. The Morgan fingerprint density at radius 1 is 1.26 bits per heavy atom. The number of carbonyl (C=O) groups is 2. The molecule has 168 valence electrons. The van der Waals surface area contributed by atoms with Gasteiger partial charge >= 0.3 is 5.97 Å². The Balaban J connectivity index is 1.59. The molecule has 1 aliphatic heterocycles. The van der Waals surface area contributed by atoms with E-state index in [1.807, 2.05) is 12.1 Å². The van der Waals surface area contributed by atoms with Crippen molar-refractivity contribution in [2.24, 2.45) is 33.9 Å². The number of nitrogens with two attached hydrogens (primary N) is 1. The SMILES string of the molecule is CC(=O)OC1CC2CC1C[C@@H]2Cc1ccc(F)c([C@@]2(C)N=C(N)N(C)C(=O)C2(C)C)c1. The van der Waals surface area contributed by atoms with E-state index in [0.717, 1.165) is 31.2 Å². The van der Waals surface area contributed by atoms with Crippen molar-refractivity contribution in [2.45, 2.75) is 65.0 Å². The molecule has 2 saturated carbocycles. The first-order valence-electron chi connectivity index (χ1n) is 11.0. The number of guanidine groups is 1. The molecule has 0 aromatic heterocycles. The molecule has 2 aliphatic carbocycles. The van der Waals surface area contributed by atoms with Gasteiger partial charge in [-0.2, -0.15) is 0 Å². The summed E-state index contributed by atoms with van der Waals surface area (Å²) < 4.78 is 20.5. The summed E-state index contributed by atoms with van der Waals surface area (Å²) in [7, 11) is 1.59. The highest BCUT2D eigenvalue weighted by Gasteiger charge is 2.54. The van der Waals surface area contributed by atoms with Gasteiger partial charge in [-0.25, -0.2) is 9.38 Å². The van der Waals surface area contributed by atoms with Crippen LogP contribution in [0, 0.1) is 29.0 Å². The molecule has 3 unspecified atom stereocenters. The first-order valence-corrected chi connectivity index (χ1v) is 11.0. The summed E-state index contributed by atoms with van der Waals surface area (Å²) in [6.45, 7) is 6.83. The molecule has 1 heterocycles. The van der Waals surface area contributed by atoms with Gasteiger partial charge in [0.2, 0.25) is 5.91 Å². The Labute approximate surface area is 183 Å². The molecule has 0 radical (unpaired) electrons. The van der Waals surface area contributed by atoms with E-state index < -0.39 is 11.0 Å². The second kappa shape index (κ2) is 7.31. The molecule has 5 atom stereocenters. The molecule has 1 amide bonds. The summed E-state index contributed by atoms with van der Waals surface area (Å²) in [6, 6.07) is 5.17. The van der Waals surface area contributed by atoms with E-state index in [0.29, 0.717) is 23.3 Å². The number of halogens is 1. The number of aliphatic imine (C=N–C) groups is 1. The number of amides is 1. The van der Waals surface area contributed by atoms with Gasteiger partial charge in [0.1, 0.15) is 17.5 Å². The van der Waals surface area contributed by atoms with Crippen molar-refractivity contribution in [2.75, 3.05) is 7.05 Å². The Hall–Kier alpha value is -2.44. The van der Waals surface area contributed by atoms with E-state index in [1.165, 1.54) is 17.9 Å². The quantitative estimate of drug-likeness (QED) is 0.744. The second-order valence-corrected chi connectivity index (χ2v) is 10.2. The lowest BCUT2D eigenvalue weighted by Gasteiger charge is -2.46. The molecule has 0 spiro atoms. The van der Waals surface area contributed by atoms with Crippen molar-refractivity contribution in [3.05, 3.63) is 35.1 Å². The third-order valence-corrected chi connectivity index (χ3v) is 8.05. The smallest absolute Gasteiger partial charge is 0.302 e. The van der Waals surface area contributed by atoms with E-state index >= 15 is 4.39 Å². The van der Waals surface area contributed by atoms with E-state index in [4.69, 9.17) is 10.5 Å². The maximum Gasteiger partial charge on any atom is 0.302 e. The summed E-state index contributed by atoms with van der Waals surface area (Å²) in [6.07, 6.45) is 3.90. The van der Waals surface area contributed by atoms with E-state index in [1.54, 1.807) is 27.8 Å². The van der Waals surface area contributed by atoms with Crippen molar-refractivity contribution in [3.8, 4) is 0 Å². The lowest BCUT2D eigenvalue weighted by atomic mass is 9.67. The number of nitrogens with zero attached hydrogens (tertiary/aromatic N) is 2. The maximum absolute atomic E-state index is 15.0. The number of benzene rings is 1. The molecule has 4 rings (SSSR count). The number of ether oxygens (including phenoxy) is 1. The van der Waals surface area contributed by atoms with Gasteiger partial charge in [-0.1, -0.05) is 12.1 Å². The molecule has 7 heteroatoms. The average Bonchev–Trinajstić information content (AvgIpc) is 3.26. The van der Waals surface area contributed by atoms with Crippen molar-refractivity contribution in [3.63, 3.8) is 0 Å². The third kappa shape index (κ3) is 3.42. The van der Waals surface area contributed by atoms with Crippen LogP contribution in [0.4, 0.5) is 4.39 Å². The van der Waals surface area contributed by atoms with Crippen molar-refractivity contribution in [1.82, 2.24) is 4.90 Å². The Morgan fingerprint density at radius 2 is 1.97 bits per heavy atom. The fourth-order valence-electron chi connectivity index (χ4n) is 5.90. The number of esters is 1. The average molecular weight is 430 g/mol. The van der Waals surface area contributed by atoms with Crippen LogP contribution in [0.1, 0.15) is 58.1 Å². The number of carbonyl (C=O) groups excluding carboxylic acids is 2. The minimum Gasteiger partial charge on any atom is -0.462 e. The fraction of sp³-hybridized carbons (Fsp3) is 0.625. The topological polar surface area (TPSA) is 85.0 Å². The van der Waals surface area contributed by atoms with Gasteiger partial charge in [-0.05, 0) is 75.8 Å². The maximum atomic E-state index is 15.0. The van der Waals surface area contributed by atoms with Crippen molar-refractivity contribution in [1.29, 1.82) is 0 Å². The normalized spacial score (nSPS) is 34.1. The Kier molecular flexibility index (Phi) is 5.14. The molecule has 3 aliphatic rings. The monoisotopic (exact) mass is 429 g/mol. The van der Waals surface area contributed by atoms with Crippen LogP contribution in [0.15, 0.2) is 23.2 Å². The van der Waals surface area contributed by atoms with Crippen LogP contribution in [0.5, 0.6) is 0 Å². The number of fused-ring (bicyclic) bond motifs is 2. The van der Waals surface area contributed by atoms with Crippen molar-refractivity contribution >= 4 is 17.8 Å². The van der Waals surface area contributed by atoms with Gasteiger partial charge in [-0.3, -0.25) is 14.5 Å². The molecule has 2 fully saturated rings. The lowest BCUT2D eigenvalue weighted by molar-refractivity contribution is -0.149. The zero-order valence-electron chi connectivity index (χ0n) is 18.9. The molecule has 31 heavy (non-hydrogen) atoms. The van der Waals surface area contributed by atoms with Crippen LogP contribution < -0.4 is 5.73 Å². The van der Waals surface area contributed by atoms with Crippen LogP contribution in [0.25, 0.3) is 0 Å². The summed E-state index contributed by atoms with van der Waals surface area (Å²) >= 11 is 0. The predicted molar refractivity (Wildman–Crippen MR) is 116 cm³/mol. The van der Waals surface area contributed by atoms with Gasteiger partial charge in [-0.15, -0.1) is 0 Å². The van der Waals surface area contributed by atoms with Crippen LogP contribution in [-0.4, -0.2) is 35.9 Å². The zero-order chi connectivity index (χ0) is 22.7. The van der Waals surface area contributed by atoms with E-state index in [2.05, 4.69) is 4.99 Å². The highest BCUT2D eigenvalue weighted by molar-refractivity contribution is 6.01. The molecule has 2 N–H and O–H groups in total. The molecule has 0 saturated heterocycles. The summed E-state index contributed by atoms with van der Waals surface area (Å²) in [5, 5.41) is 0. The van der Waals surface area contributed by atoms with Gasteiger partial charge in [0.25, 0.3) is 0 Å². The van der Waals surface area contributed by atoms with Crippen LogP contribution >= 0.6 is 0 Å². The number of hydrogen-bond donors (Lipinski definition) is 1. The molecule has 1 aromatic rings. The highest BCUT2D eigenvalue weighted by atomic mass is 19.1. The minimum absolute atomic E-state index is 0.0461. The highest BCUT2D eigenvalue weighted by Crippen LogP contribution is 2.51. The van der Waals surface area contributed by atoms with Gasteiger partial charge in [0.05, 0.1) is 5.41 Å². The standard InChI is InChI=1S/C24H32FN3O3/c1-13(29)31-20-12-16-11-17(20)10-15(16)8-14-6-7-19(25)18(9-14)24(4)23(2,3)21(30)28(5)22(26)27-24/h6-7,9,15-17,20H,8,10-12H2,1-5H3,(H2,26,27)/t15-,16?,17?,20?,24+/m0/s1. The molecular formula is C24H32FN3O3. The lowest BCUT2D eigenvalue weighted by Crippen LogP contribution is -2.58. The van der Waals surface area contributed by atoms with Gasteiger partial charge in [0, 0.05) is 19.5 Å². The number of rotatable bonds is 4. The predicted octanol–water partition coefficient (Wildman–Crippen LogP) is 3.37. The van der Waals surface area contributed by atoms with Gasteiger partial charge in [0.15, 0.2) is 5.96 Å². The Bertz CT molecular complexity index is 959. The molecule has 6 nitrogen and oxygen atoms in total. The zero-order valence-corrected chi connectivity index (χ0v) is 18.9. The van der Waals surface area contributed by atoms with Crippen LogP contribution in [0.3, 0.4) is 0 Å². The summed E-state index contributed by atoms with van der Waals surface area (Å²) in [5.41, 5.74) is 5.40. The first-order chi connectivity index (χ1) is 14.4. The summed E-state index contributed by atoms with van der Waals surface area (Å²) in [5.74, 6) is 0.762. The molecule has 2 bridgehead atoms. The van der Waals surface area contributed by atoms with Crippen LogP contribution in [0.2, 0.25) is 0 Å². The fourth-order valence-corrected chi connectivity index (χ4v) is 5.90. The minimum atomic E-state index is -1.10.